The SMILES string of the molecule is Cl.N[C@@H]1CC[C@@H](OCc2ccc(-c3nc4ccccc4o3)cc2)C1. The Morgan fingerprint density at radius 3 is 2.58 bits per heavy atom. The number of ether oxygens (including phenoxy) is 1. The van der Waals surface area contributed by atoms with Gasteiger partial charge >= 0.3 is 0 Å². The zero-order valence-electron chi connectivity index (χ0n) is 13.4. The predicted octanol–water partition coefficient (Wildman–Crippen LogP) is 4.31. The van der Waals surface area contributed by atoms with Crippen molar-refractivity contribution in [2.45, 2.75) is 38.0 Å². The number of nitrogens with two attached hydrogens (primary N) is 1. The number of aromatic nitrogens is 1. The number of hydrogen-bond acceptors (Lipinski definition) is 4. The molecule has 24 heavy (non-hydrogen) atoms. The van der Waals surface area contributed by atoms with Crippen molar-refractivity contribution in [2.75, 3.05) is 0 Å². The highest BCUT2D eigenvalue weighted by Gasteiger charge is 2.22. The average Bonchev–Trinajstić information content (AvgIpc) is 3.19. The van der Waals surface area contributed by atoms with E-state index in [1.807, 2.05) is 36.4 Å². The van der Waals surface area contributed by atoms with E-state index in [9.17, 15) is 0 Å². The maximum absolute atomic E-state index is 5.93. The summed E-state index contributed by atoms with van der Waals surface area (Å²) < 4.78 is 11.7. The van der Waals surface area contributed by atoms with Crippen molar-refractivity contribution < 1.29 is 9.15 Å². The molecular weight excluding hydrogens is 324 g/mol. The summed E-state index contributed by atoms with van der Waals surface area (Å²) in [7, 11) is 0. The molecule has 0 aliphatic heterocycles. The van der Waals surface area contributed by atoms with Crippen molar-refractivity contribution in [3.63, 3.8) is 0 Å². The Balaban J connectivity index is 0.00000169. The fraction of sp³-hybridized carbons (Fsp3) is 0.316. The van der Waals surface area contributed by atoms with Crippen LogP contribution in [0.4, 0.5) is 0 Å². The molecule has 1 saturated carbocycles. The first-order valence-electron chi connectivity index (χ1n) is 8.10. The second-order valence-corrected chi connectivity index (χ2v) is 6.19. The van der Waals surface area contributed by atoms with E-state index in [2.05, 4.69) is 17.1 Å². The molecule has 0 spiro atoms. The van der Waals surface area contributed by atoms with Crippen LogP contribution in [0.25, 0.3) is 22.6 Å². The van der Waals surface area contributed by atoms with Gasteiger partial charge in [0.25, 0.3) is 0 Å². The molecule has 0 saturated heterocycles. The molecule has 1 aliphatic rings. The summed E-state index contributed by atoms with van der Waals surface area (Å²) in [5.74, 6) is 0.653. The van der Waals surface area contributed by atoms with Crippen molar-refractivity contribution in [1.29, 1.82) is 0 Å². The Hall–Kier alpha value is -1.88. The van der Waals surface area contributed by atoms with Crippen LogP contribution in [0.2, 0.25) is 0 Å². The third-order valence-electron chi connectivity index (χ3n) is 4.41. The zero-order valence-corrected chi connectivity index (χ0v) is 14.2. The van der Waals surface area contributed by atoms with Gasteiger partial charge in [-0.05, 0) is 49.1 Å². The highest BCUT2D eigenvalue weighted by molar-refractivity contribution is 5.85. The summed E-state index contributed by atoms with van der Waals surface area (Å²) in [5.41, 5.74) is 9.74. The number of fused-ring (bicyclic) bond motifs is 1. The summed E-state index contributed by atoms with van der Waals surface area (Å²) in [6.07, 6.45) is 3.42. The second-order valence-electron chi connectivity index (χ2n) is 6.19. The van der Waals surface area contributed by atoms with E-state index in [0.29, 0.717) is 24.6 Å². The lowest BCUT2D eigenvalue weighted by molar-refractivity contribution is 0.0448. The fourth-order valence-electron chi connectivity index (χ4n) is 3.08. The molecule has 2 aromatic carbocycles. The standard InChI is InChI=1S/C19H20N2O2.ClH/c20-15-9-10-16(11-15)22-12-13-5-7-14(8-6-13)19-21-17-3-1-2-4-18(17)23-19;/h1-8,15-16H,9-12,20H2;1H/t15-,16-;/m1./s1. The molecule has 1 fully saturated rings. The summed E-state index contributed by atoms with van der Waals surface area (Å²) in [6.45, 7) is 0.630. The van der Waals surface area contributed by atoms with Crippen LogP contribution < -0.4 is 5.73 Å². The number of para-hydroxylation sites is 2. The van der Waals surface area contributed by atoms with Gasteiger partial charge in [0.1, 0.15) is 5.52 Å². The Morgan fingerprint density at radius 1 is 1.08 bits per heavy atom. The minimum Gasteiger partial charge on any atom is -0.436 e. The molecule has 0 radical (unpaired) electrons. The van der Waals surface area contributed by atoms with Gasteiger partial charge in [0.2, 0.25) is 5.89 Å². The molecule has 5 heteroatoms. The van der Waals surface area contributed by atoms with E-state index >= 15 is 0 Å². The van der Waals surface area contributed by atoms with Crippen LogP contribution in [-0.2, 0) is 11.3 Å². The van der Waals surface area contributed by atoms with E-state index in [1.54, 1.807) is 0 Å². The minimum absolute atomic E-state index is 0. The van der Waals surface area contributed by atoms with Gasteiger partial charge in [-0.15, -0.1) is 12.4 Å². The molecule has 0 unspecified atom stereocenters. The van der Waals surface area contributed by atoms with Crippen LogP contribution in [0.15, 0.2) is 52.9 Å². The number of hydrogen-bond donors (Lipinski definition) is 1. The smallest absolute Gasteiger partial charge is 0.227 e. The molecular formula is C19H21ClN2O2. The van der Waals surface area contributed by atoms with Crippen molar-refractivity contribution in [2.24, 2.45) is 5.73 Å². The molecule has 0 amide bonds. The monoisotopic (exact) mass is 344 g/mol. The van der Waals surface area contributed by atoms with Crippen LogP contribution in [0.5, 0.6) is 0 Å². The first kappa shape index (κ1) is 17.0. The lowest BCUT2D eigenvalue weighted by atomic mass is 10.1. The lowest BCUT2D eigenvalue weighted by Gasteiger charge is -2.11. The fourth-order valence-corrected chi connectivity index (χ4v) is 3.08. The third-order valence-corrected chi connectivity index (χ3v) is 4.41. The van der Waals surface area contributed by atoms with Crippen molar-refractivity contribution in [1.82, 2.24) is 4.98 Å². The molecule has 126 valence electrons. The quantitative estimate of drug-likeness (QED) is 0.766. The maximum atomic E-state index is 5.93. The van der Waals surface area contributed by atoms with E-state index in [1.165, 1.54) is 0 Å². The van der Waals surface area contributed by atoms with Crippen LogP contribution in [-0.4, -0.2) is 17.1 Å². The van der Waals surface area contributed by atoms with Gasteiger partial charge < -0.3 is 14.9 Å². The number of oxazole rings is 1. The topological polar surface area (TPSA) is 61.3 Å². The van der Waals surface area contributed by atoms with E-state index in [-0.39, 0.29) is 12.4 Å². The molecule has 2 atom stereocenters. The van der Waals surface area contributed by atoms with E-state index < -0.39 is 0 Å². The Kier molecular flexibility index (Phi) is 5.19. The molecule has 4 rings (SSSR count). The summed E-state index contributed by atoms with van der Waals surface area (Å²) >= 11 is 0. The molecule has 4 nitrogen and oxygen atoms in total. The van der Waals surface area contributed by atoms with E-state index in [4.69, 9.17) is 14.9 Å². The van der Waals surface area contributed by atoms with Gasteiger partial charge in [-0.1, -0.05) is 24.3 Å². The van der Waals surface area contributed by atoms with Gasteiger partial charge in [-0.3, -0.25) is 0 Å². The highest BCUT2D eigenvalue weighted by Crippen LogP contribution is 2.25. The minimum atomic E-state index is 0. The Bertz CT molecular complexity index is 767. The van der Waals surface area contributed by atoms with Gasteiger partial charge in [0.15, 0.2) is 5.58 Å². The second kappa shape index (κ2) is 7.34. The van der Waals surface area contributed by atoms with Crippen molar-refractivity contribution in [3.05, 3.63) is 54.1 Å². The Labute approximate surface area is 147 Å². The molecule has 1 aromatic heterocycles. The molecule has 1 aliphatic carbocycles. The third kappa shape index (κ3) is 3.61. The molecule has 1 heterocycles. The van der Waals surface area contributed by atoms with Gasteiger partial charge in [-0.2, -0.15) is 0 Å². The zero-order chi connectivity index (χ0) is 15.6. The predicted molar refractivity (Wildman–Crippen MR) is 97.1 cm³/mol. The van der Waals surface area contributed by atoms with Crippen LogP contribution in [0.1, 0.15) is 24.8 Å². The maximum Gasteiger partial charge on any atom is 0.227 e. The summed E-state index contributed by atoms with van der Waals surface area (Å²) in [5, 5.41) is 0. The van der Waals surface area contributed by atoms with Crippen LogP contribution in [0.3, 0.4) is 0 Å². The first-order valence-corrected chi connectivity index (χ1v) is 8.10. The van der Waals surface area contributed by atoms with Crippen LogP contribution >= 0.6 is 12.4 Å². The Morgan fingerprint density at radius 2 is 1.88 bits per heavy atom. The van der Waals surface area contributed by atoms with Gasteiger partial charge in [0.05, 0.1) is 12.7 Å². The number of halogens is 1. The number of rotatable bonds is 4. The first-order chi connectivity index (χ1) is 11.3. The average molecular weight is 345 g/mol. The summed E-state index contributed by atoms with van der Waals surface area (Å²) in [6, 6.07) is 16.3. The van der Waals surface area contributed by atoms with E-state index in [0.717, 1.165) is 41.5 Å². The van der Waals surface area contributed by atoms with Gasteiger partial charge in [0, 0.05) is 11.6 Å². The molecule has 0 bridgehead atoms. The van der Waals surface area contributed by atoms with Crippen molar-refractivity contribution in [3.8, 4) is 11.5 Å². The highest BCUT2D eigenvalue weighted by atomic mass is 35.5. The van der Waals surface area contributed by atoms with Gasteiger partial charge in [-0.25, -0.2) is 4.98 Å². The molecule has 3 aromatic rings. The normalized spacial score (nSPS) is 20.2. The van der Waals surface area contributed by atoms with Crippen LogP contribution in [0, 0.1) is 0 Å². The number of nitrogens with zero attached hydrogens (tertiary/aromatic N) is 1. The summed E-state index contributed by atoms with van der Waals surface area (Å²) in [4.78, 5) is 4.52. The number of benzene rings is 2. The van der Waals surface area contributed by atoms with Crippen molar-refractivity contribution >= 4 is 23.5 Å². The largest absolute Gasteiger partial charge is 0.436 e. The molecule has 2 N–H and O–H groups in total. The lowest BCUT2D eigenvalue weighted by Crippen LogP contribution is -2.17.